The molecule has 0 N–H and O–H groups in total. The average molecular weight is 336 g/mol. The summed E-state index contributed by atoms with van der Waals surface area (Å²) in [4.78, 5) is 0. The summed E-state index contributed by atoms with van der Waals surface area (Å²) in [6.07, 6.45) is 6.96. The summed E-state index contributed by atoms with van der Waals surface area (Å²) in [5.74, 6) is 0. The SMILES string of the molecule is ClC(Cl)(Cl)CCCCCC[CH2][SnH]. The first-order valence-electron chi connectivity index (χ1n) is 4.33. The minimum absolute atomic E-state index is 0.692. The van der Waals surface area contributed by atoms with E-state index < -0.39 is 3.79 Å². The van der Waals surface area contributed by atoms with Gasteiger partial charge in [0.2, 0.25) is 0 Å². The second-order valence-corrected chi connectivity index (χ2v) is 7.09. The Morgan fingerprint density at radius 2 is 1.33 bits per heavy atom. The third kappa shape index (κ3) is 11.7. The van der Waals surface area contributed by atoms with Crippen molar-refractivity contribution in [2.24, 2.45) is 0 Å². The molecule has 0 aromatic heterocycles. The molecule has 0 amide bonds. The predicted octanol–water partition coefficient (Wildman–Crippen LogP) is 4.02. The average Bonchev–Trinajstić information content (AvgIpc) is 1.94. The molecule has 0 unspecified atom stereocenters. The van der Waals surface area contributed by atoms with Crippen LogP contribution in [0.25, 0.3) is 0 Å². The van der Waals surface area contributed by atoms with Crippen LogP contribution in [0.2, 0.25) is 4.44 Å². The molecule has 0 bridgehead atoms. The molecule has 0 aromatic carbocycles. The van der Waals surface area contributed by atoms with Crippen LogP contribution >= 0.6 is 34.8 Å². The summed E-state index contributed by atoms with van der Waals surface area (Å²) in [5.41, 5.74) is 0. The fraction of sp³-hybridized carbons (Fsp3) is 1.00. The number of rotatable bonds is 6. The number of halogens is 3. The van der Waals surface area contributed by atoms with E-state index in [1.807, 2.05) is 0 Å². The van der Waals surface area contributed by atoms with Crippen LogP contribution < -0.4 is 0 Å². The third-order valence-electron chi connectivity index (χ3n) is 1.66. The van der Waals surface area contributed by atoms with Crippen LogP contribution in [0.15, 0.2) is 0 Å². The molecule has 0 fully saturated rings. The Balaban J connectivity index is 3.01. The van der Waals surface area contributed by atoms with Crippen molar-refractivity contribution in [1.82, 2.24) is 0 Å². The molecule has 0 saturated carbocycles. The van der Waals surface area contributed by atoms with Crippen LogP contribution in [-0.2, 0) is 0 Å². The van der Waals surface area contributed by atoms with Crippen molar-refractivity contribution in [3.8, 4) is 0 Å². The Morgan fingerprint density at radius 3 is 1.83 bits per heavy atom. The van der Waals surface area contributed by atoms with Gasteiger partial charge in [-0.25, -0.2) is 0 Å². The molecule has 0 atom stereocenters. The summed E-state index contributed by atoms with van der Waals surface area (Å²) < 4.78 is 0.382. The van der Waals surface area contributed by atoms with Gasteiger partial charge in [0.05, 0.1) is 0 Å². The van der Waals surface area contributed by atoms with Crippen LogP contribution in [0.3, 0.4) is 0 Å². The zero-order valence-corrected chi connectivity index (χ0v) is 12.7. The van der Waals surface area contributed by atoms with E-state index in [1.165, 1.54) is 52.6 Å². The van der Waals surface area contributed by atoms with Crippen molar-refractivity contribution >= 4 is 57.3 Å². The molecular weight excluding hydrogens is 321 g/mol. The van der Waals surface area contributed by atoms with E-state index in [1.54, 1.807) is 0 Å². The van der Waals surface area contributed by atoms with E-state index in [-0.39, 0.29) is 0 Å². The van der Waals surface area contributed by atoms with Gasteiger partial charge in [-0.15, -0.1) is 0 Å². The van der Waals surface area contributed by atoms with Crippen LogP contribution in [0.5, 0.6) is 0 Å². The summed E-state index contributed by atoms with van der Waals surface area (Å²) in [6.45, 7) is 0. The molecule has 72 valence electrons. The van der Waals surface area contributed by atoms with E-state index in [0.29, 0.717) is 6.42 Å². The molecule has 0 rings (SSSR count). The Hall–Kier alpha value is 1.67. The van der Waals surface area contributed by atoms with Crippen molar-refractivity contribution in [1.29, 1.82) is 0 Å². The molecular formula is C8H15Cl3Sn. The quantitative estimate of drug-likeness (QED) is 0.390. The van der Waals surface area contributed by atoms with E-state index >= 15 is 0 Å². The second-order valence-electron chi connectivity index (χ2n) is 2.92. The fourth-order valence-corrected chi connectivity index (χ4v) is 2.22. The Morgan fingerprint density at radius 1 is 0.833 bits per heavy atom. The van der Waals surface area contributed by atoms with Gasteiger partial charge in [-0.3, -0.25) is 0 Å². The molecule has 0 aliphatic rings. The van der Waals surface area contributed by atoms with Gasteiger partial charge in [-0.2, -0.15) is 0 Å². The third-order valence-corrected chi connectivity index (χ3v) is 3.40. The number of hydrogen-bond donors (Lipinski definition) is 0. The Kier molecular flexibility index (Phi) is 9.13. The molecule has 0 aromatic rings. The first-order valence-corrected chi connectivity index (χ1v) is 7.79. The van der Waals surface area contributed by atoms with Gasteiger partial charge in [0.1, 0.15) is 0 Å². The summed E-state index contributed by atoms with van der Waals surface area (Å²) >= 11 is 18.2. The van der Waals surface area contributed by atoms with Gasteiger partial charge in [0, 0.05) is 0 Å². The zero-order valence-electron chi connectivity index (χ0n) is 7.16. The normalized spacial score (nSPS) is 12.0. The van der Waals surface area contributed by atoms with Crippen LogP contribution in [0.1, 0.15) is 38.5 Å². The Bertz CT molecular complexity index is 101. The summed E-state index contributed by atoms with van der Waals surface area (Å²) in [5, 5.41) is 0. The second kappa shape index (κ2) is 8.02. The fourth-order valence-electron chi connectivity index (χ4n) is 1.00. The van der Waals surface area contributed by atoms with E-state index in [4.69, 9.17) is 34.8 Å². The van der Waals surface area contributed by atoms with E-state index in [2.05, 4.69) is 0 Å². The van der Waals surface area contributed by atoms with Crippen molar-refractivity contribution < 1.29 is 0 Å². The van der Waals surface area contributed by atoms with Crippen LogP contribution in [-0.4, -0.2) is 26.3 Å². The molecule has 0 heterocycles. The van der Waals surface area contributed by atoms with E-state index in [9.17, 15) is 0 Å². The first kappa shape index (κ1) is 13.7. The summed E-state index contributed by atoms with van der Waals surface area (Å²) in [6, 6.07) is 0. The molecule has 4 heteroatoms. The van der Waals surface area contributed by atoms with Crippen molar-refractivity contribution in [3.05, 3.63) is 0 Å². The van der Waals surface area contributed by atoms with Gasteiger partial charge in [-0.05, 0) is 0 Å². The first-order chi connectivity index (χ1) is 5.56. The minimum atomic E-state index is -1.03. The van der Waals surface area contributed by atoms with Gasteiger partial charge >= 0.3 is 104 Å². The van der Waals surface area contributed by atoms with E-state index in [0.717, 1.165) is 6.42 Å². The molecule has 0 saturated heterocycles. The molecule has 12 heavy (non-hydrogen) atoms. The van der Waals surface area contributed by atoms with Gasteiger partial charge in [-0.1, -0.05) is 0 Å². The molecule has 0 nitrogen and oxygen atoms in total. The van der Waals surface area contributed by atoms with Gasteiger partial charge in [0.15, 0.2) is 0 Å². The summed E-state index contributed by atoms with van der Waals surface area (Å²) in [7, 11) is 0. The van der Waals surface area contributed by atoms with Crippen LogP contribution in [0.4, 0.5) is 0 Å². The van der Waals surface area contributed by atoms with Gasteiger partial charge < -0.3 is 0 Å². The zero-order chi connectivity index (χ0) is 9.45. The number of unbranched alkanes of at least 4 members (excludes halogenated alkanes) is 4. The Labute approximate surface area is 103 Å². The predicted molar refractivity (Wildman–Crippen MR) is 59.9 cm³/mol. The van der Waals surface area contributed by atoms with Crippen LogP contribution in [0, 0.1) is 0 Å². The maximum atomic E-state index is 5.61. The number of hydrogen-bond acceptors (Lipinski definition) is 0. The topological polar surface area (TPSA) is 0 Å². The van der Waals surface area contributed by atoms with Crippen molar-refractivity contribution in [2.45, 2.75) is 46.8 Å². The molecule has 0 spiro atoms. The monoisotopic (exact) mass is 336 g/mol. The molecule has 0 aliphatic carbocycles. The molecule has 2 radical (unpaired) electrons. The maximum absolute atomic E-state index is 5.61. The van der Waals surface area contributed by atoms with Gasteiger partial charge in [0.25, 0.3) is 0 Å². The number of alkyl halides is 3. The van der Waals surface area contributed by atoms with Crippen molar-refractivity contribution in [2.75, 3.05) is 0 Å². The standard InChI is InChI=1S/C8H14Cl3.Sn.H/c1-2-3-4-5-6-7-8(9,10)11;;/h1-7H2;;. The molecule has 0 aliphatic heterocycles. The van der Waals surface area contributed by atoms with Crippen molar-refractivity contribution in [3.63, 3.8) is 0 Å².